The van der Waals surface area contributed by atoms with E-state index in [0.717, 1.165) is 0 Å². The van der Waals surface area contributed by atoms with Gasteiger partial charge in [0.15, 0.2) is 0 Å². The van der Waals surface area contributed by atoms with Crippen LogP contribution in [0.2, 0.25) is 0 Å². The molecule has 0 N–H and O–H groups in total. The molecule has 94 valence electrons. The van der Waals surface area contributed by atoms with Crippen molar-refractivity contribution in [3.63, 3.8) is 0 Å². The lowest BCUT2D eigenvalue weighted by Gasteiger charge is -2.38. The molecular weight excluding hydrogens is 222 g/mol. The Kier molecular flexibility index (Phi) is 3.78. The summed E-state index contributed by atoms with van der Waals surface area (Å²) in [6.07, 6.45) is 0.928. The van der Waals surface area contributed by atoms with Crippen molar-refractivity contribution < 1.29 is 14.3 Å². The van der Waals surface area contributed by atoms with Gasteiger partial charge in [0.2, 0.25) is 0 Å². The van der Waals surface area contributed by atoms with Crippen LogP contribution in [0.1, 0.15) is 40.0 Å². The molecule has 0 heterocycles. The molecule has 2 atom stereocenters. The minimum Gasteiger partial charge on any atom is -0.465 e. The van der Waals surface area contributed by atoms with Crippen molar-refractivity contribution in [2.24, 2.45) is 10.5 Å². The van der Waals surface area contributed by atoms with E-state index in [1.165, 1.54) is 0 Å². The topological polar surface area (TPSA) is 92.1 Å². The van der Waals surface area contributed by atoms with Crippen LogP contribution in [0.15, 0.2) is 5.11 Å². The predicted octanol–water partition coefficient (Wildman–Crippen LogP) is 2.38. The number of ketones is 1. The monoisotopic (exact) mass is 239 g/mol. The van der Waals surface area contributed by atoms with Gasteiger partial charge in [-0.2, -0.15) is 0 Å². The van der Waals surface area contributed by atoms with Crippen LogP contribution >= 0.6 is 0 Å². The Balaban J connectivity index is 3.00. The van der Waals surface area contributed by atoms with Gasteiger partial charge in [0.1, 0.15) is 11.2 Å². The van der Waals surface area contributed by atoms with Gasteiger partial charge in [-0.1, -0.05) is 12.0 Å². The van der Waals surface area contributed by atoms with Crippen LogP contribution in [0.4, 0.5) is 0 Å². The van der Waals surface area contributed by atoms with Crippen LogP contribution in [0, 0.1) is 5.41 Å². The average molecular weight is 239 g/mol. The van der Waals surface area contributed by atoms with Crippen molar-refractivity contribution in [3.05, 3.63) is 10.4 Å². The van der Waals surface area contributed by atoms with E-state index < -0.39 is 16.9 Å². The summed E-state index contributed by atoms with van der Waals surface area (Å²) >= 11 is 0. The Morgan fingerprint density at radius 3 is 2.76 bits per heavy atom. The van der Waals surface area contributed by atoms with E-state index >= 15 is 0 Å². The minimum absolute atomic E-state index is 0.137. The van der Waals surface area contributed by atoms with Crippen molar-refractivity contribution >= 4 is 11.8 Å². The van der Waals surface area contributed by atoms with Crippen molar-refractivity contribution in [1.82, 2.24) is 0 Å². The second kappa shape index (κ2) is 4.75. The van der Waals surface area contributed by atoms with Crippen molar-refractivity contribution in [3.8, 4) is 0 Å². The first-order chi connectivity index (χ1) is 7.88. The molecule has 0 aromatic carbocycles. The highest BCUT2D eigenvalue weighted by Crippen LogP contribution is 2.41. The molecule has 0 saturated heterocycles. The van der Waals surface area contributed by atoms with Crippen LogP contribution in [0.5, 0.6) is 0 Å². The fourth-order valence-electron chi connectivity index (χ4n) is 2.28. The molecule has 17 heavy (non-hydrogen) atoms. The van der Waals surface area contributed by atoms with E-state index in [9.17, 15) is 9.59 Å². The predicted molar refractivity (Wildman–Crippen MR) is 61.1 cm³/mol. The van der Waals surface area contributed by atoms with Gasteiger partial charge in [-0.15, -0.1) is 0 Å². The van der Waals surface area contributed by atoms with Gasteiger partial charge in [0, 0.05) is 16.9 Å². The smallest absolute Gasteiger partial charge is 0.319 e. The summed E-state index contributed by atoms with van der Waals surface area (Å²) in [6, 6.07) is 0. The van der Waals surface area contributed by atoms with Crippen LogP contribution in [0.25, 0.3) is 10.4 Å². The lowest BCUT2D eigenvalue weighted by atomic mass is 9.67. The number of Topliss-reactive ketones (excluding diaryl/α,β-unsaturated/α-hetero) is 1. The van der Waals surface area contributed by atoms with Crippen LogP contribution in [-0.4, -0.2) is 23.9 Å². The second-order valence-corrected chi connectivity index (χ2v) is 4.84. The molecule has 1 aliphatic carbocycles. The first-order valence-electron chi connectivity index (χ1n) is 5.65. The van der Waals surface area contributed by atoms with Gasteiger partial charge in [-0.05, 0) is 32.2 Å². The number of azide groups is 1. The lowest BCUT2D eigenvalue weighted by Crippen LogP contribution is -2.48. The highest BCUT2D eigenvalue weighted by molar-refractivity contribution is 6.04. The number of ether oxygens (including phenoxy) is 1. The molecule has 0 radical (unpaired) electrons. The molecule has 0 aromatic heterocycles. The number of nitrogens with zero attached hydrogens (tertiary/aromatic N) is 3. The largest absolute Gasteiger partial charge is 0.465 e. The molecular formula is C11H17N3O3. The highest BCUT2D eigenvalue weighted by Gasteiger charge is 2.50. The van der Waals surface area contributed by atoms with Crippen LogP contribution in [0.3, 0.4) is 0 Å². The molecule has 0 bridgehead atoms. The summed E-state index contributed by atoms with van der Waals surface area (Å²) < 4.78 is 4.93. The van der Waals surface area contributed by atoms with Gasteiger partial charge >= 0.3 is 5.97 Å². The molecule has 1 aliphatic rings. The van der Waals surface area contributed by atoms with Crippen molar-refractivity contribution in [2.45, 2.75) is 45.6 Å². The van der Waals surface area contributed by atoms with E-state index in [2.05, 4.69) is 10.0 Å². The zero-order valence-electron chi connectivity index (χ0n) is 10.4. The summed E-state index contributed by atoms with van der Waals surface area (Å²) in [7, 11) is 0. The van der Waals surface area contributed by atoms with E-state index in [1.807, 2.05) is 0 Å². The number of esters is 1. The van der Waals surface area contributed by atoms with Crippen LogP contribution in [-0.2, 0) is 14.3 Å². The number of hydrogen-bond donors (Lipinski definition) is 0. The SMILES string of the molecule is CCOC(=O)[C@]1(C)C[C@@](C)(N=[N+]=[N-])CCC1=O. The Morgan fingerprint density at radius 2 is 2.24 bits per heavy atom. The maximum Gasteiger partial charge on any atom is 0.319 e. The van der Waals surface area contributed by atoms with Gasteiger partial charge in [-0.3, -0.25) is 9.59 Å². The third-order valence-electron chi connectivity index (χ3n) is 3.25. The van der Waals surface area contributed by atoms with E-state index in [-0.39, 0.29) is 25.2 Å². The van der Waals surface area contributed by atoms with E-state index in [4.69, 9.17) is 10.3 Å². The number of rotatable bonds is 3. The quantitative estimate of drug-likeness (QED) is 0.249. The number of carbonyl (C=O) groups is 2. The summed E-state index contributed by atoms with van der Waals surface area (Å²) in [4.78, 5) is 26.5. The van der Waals surface area contributed by atoms with E-state index in [0.29, 0.717) is 6.42 Å². The number of carbonyl (C=O) groups excluding carboxylic acids is 2. The molecule has 0 aliphatic heterocycles. The van der Waals surface area contributed by atoms with Crippen molar-refractivity contribution in [1.29, 1.82) is 0 Å². The lowest BCUT2D eigenvalue weighted by molar-refractivity contribution is -0.162. The average Bonchev–Trinajstić information content (AvgIpc) is 2.25. The fraction of sp³-hybridized carbons (Fsp3) is 0.818. The molecule has 6 heteroatoms. The van der Waals surface area contributed by atoms with Gasteiger partial charge in [0.05, 0.1) is 6.61 Å². The maximum absolute atomic E-state index is 11.9. The van der Waals surface area contributed by atoms with E-state index in [1.54, 1.807) is 20.8 Å². The van der Waals surface area contributed by atoms with Crippen LogP contribution < -0.4 is 0 Å². The standard InChI is InChI=1S/C11H17N3O3/c1-4-17-9(16)11(3)7-10(2,13-14-12)6-5-8(11)15/h4-7H2,1-3H3/t10-,11+/m0/s1. The highest BCUT2D eigenvalue weighted by atomic mass is 16.5. The molecule has 1 rings (SSSR count). The molecule has 0 spiro atoms. The zero-order valence-corrected chi connectivity index (χ0v) is 10.4. The minimum atomic E-state index is -1.18. The molecule has 0 aromatic rings. The summed E-state index contributed by atoms with van der Waals surface area (Å²) in [6.45, 7) is 5.26. The third-order valence-corrected chi connectivity index (χ3v) is 3.25. The van der Waals surface area contributed by atoms with Gasteiger partial charge in [-0.25, -0.2) is 0 Å². The fourth-order valence-corrected chi connectivity index (χ4v) is 2.28. The van der Waals surface area contributed by atoms with Crippen molar-refractivity contribution in [2.75, 3.05) is 6.61 Å². The zero-order chi connectivity index (χ0) is 13.1. The first kappa shape index (κ1) is 13.5. The molecule has 0 unspecified atom stereocenters. The molecule has 0 amide bonds. The Hall–Kier alpha value is -1.55. The molecule has 1 saturated carbocycles. The Labute approximate surface area is 100.0 Å². The normalized spacial score (nSPS) is 32.8. The summed E-state index contributed by atoms with van der Waals surface area (Å²) in [5.41, 5.74) is 6.65. The number of hydrogen-bond acceptors (Lipinski definition) is 4. The molecule has 1 fully saturated rings. The van der Waals surface area contributed by atoms with Gasteiger partial charge in [0.25, 0.3) is 0 Å². The second-order valence-electron chi connectivity index (χ2n) is 4.84. The van der Waals surface area contributed by atoms with Gasteiger partial charge < -0.3 is 4.74 Å². The first-order valence-corrected chi connectivity index (χ1v) is 5.65. The molecule has 6 nitrogen and oxygen atoms in total. The summed E-state index contributed by atoms with van der Waals surface area (Å²) in [5.74, 6) is -0.661. The Bertz CT molecular complexity index is 389. The Morgan fingerprint density at radius 1 is 1.59 bits per heavy atom. The summed E-state index contributed by atoms with van der Waals surface area (Å²) in [5, 5.41) is 3.71. The third kappa shape index (κ3) is 2.58. The maximum atomic E-state index is 11.9.